The van der Waals surface area contributed by atoms with Crippen LogP contribution < -0.4 is 11.1 Å². The normalized spacial score (nSPS) is 10.5. The molecule has 4 N–H and O–H groups in total. The van der Waals surface area contributed by atoms with Crippen molar-refractivity contribution in [1.29, 1.82) is 0 Å². The number of hydrogen-bond acceptors (Lipinski definition) is 4. The molecule has 1 aromatic carbocycles. The van der Waals surface area contributed by atoms with Crippen molar-refractivity contribution in [2.45, 2.75) is 0 Å². The minimum absolute atomic E-state index is 0.158. The van der Waals surface area contributed by atoms with Crippen molar-refractivity contribution in [2.75, 3.05) is 5.32 Å². The number of nitrogens with one attached hydrogen (secondary N) is 2. The van der Waals surface area contributed by atoms with Crippen LogP contribution in [0, 0.1) is 0 Å². The summed E-state index contributed by atoms with van der Waals surface area (Å²) in [5.41, 5.74) is 7.09. The van der Waals surface area contributed by atoms with Crippen LogP contribution in [0.2, 0.25) is 0 Å². The summed E-state index contributed by atoms with van der Waals surface area (Å²) in [5, 5.41) is 10.1. The zero-order chi connectivity index (χ0) is 14.8. The van der Waals surface area contributed by atoms with E-state index in [4.69, 9.17) is 18.0 Å². The number of aromatic nitrogens is 3. The molecule has 2 heterocycles. The number of carbonyl (C=O) groups excluding carboxylic acids is 1. The van der Waals surface area contributed by atoms with E-state index in [2.05, 4.69) is 20.5 Å². The minimum atomic E-state index is -0.359. The average molecular weight is 297 g/mol. The Balaban J connectivity index is 1.90. The van der Waals surface area contributed by atoms with Gasteiger partial charge in [0.2, 0.25) is 0 Å². The molecule has 7 heteroatoms. The quantitative estimate of drug-likeness (QED) is 0.641. The topological polar surface area (TPSA) is 96.7 Å². The third kappa shape index (κ3) is 2.59. The second kappa shape index (κ2) is 5.29. The highest BCUT2D eigenvalue weighted by Gasteiger charge is 2.13. The molecule has 0 unspecified atom stereocenters. The van der Waals surface area contributed by atoms with Crippen molar-refractivity contribution < 1.29 is 4.79 Å². The van der Waals surface area contributed by atoms with Crippen LogP contribution >= 0.6 is 12.2 Å². The lowest BCUT2D eigenvalue weighted by Crippen LogP contribution is -2.17. The first kappa shape index (κ1) is 13.2. The summed E-state index contributed by atoms with van der Waals surface area (Å²) >= 11 is 4.89. The van der Waals surface area contributed by atoms with Gasteiger partial charge in [-0.1, -0.05) is 36.5 Å². The van der Waals surface area contributed by atoms with E-state index in [0.29, 0.717) is 17.1 Å². The molecule has 0 atom stereocenters. The predicted octanol–water partition coefficient (Wildman–Crippen LogP) is 1.84. The largest absolute Gasteiger partial charge is 0.389 e. The number of anilines is 1. The molecule has 0 spiro atoms. The van der Waals surface area contributed by atoms with Crippen molar-refractivity contribution in [1.82, 2.24) is 15.2 Å². The molecule has 0 saturated heterocycles. The smallest absolute Gasteiger partial charge is 0.275 e. The number of carbonyl (C=O) groups is 1. The highest BCUT2D eigenvalue weighted by molar-refractivity contribution is 7.80. The van der Waals surface area contributed by atoms with Gasteiger partial charge in [0.25, 0.3) is 5.91 Å². The van der Waals surface area contributed by atoms with Gasteiger partial charge in [-0.15, -0.1) is 0 Å². The van der Waals surface area contributed by atoms with Gasteiger partial charge in [-0.25, -0.2) is 4.98 Å². The number of nitrogens with two attached hydrogens (primary N) is 1. The summed E-state index contributed by atoms with van der Waals surface area (Å²) in [6.45, 7) is 0. The predicted molar refractivity (Wildman–Crippen MR) is 84.2 cm³/mol. The lowest BCUT2D eigenvalue weighted by atomic mass is 10.2. The second-order valence-corrected chi connectivity index (χ2v) is 4.81. The van der Waals surface area contributed by atoms with Gasteiger partial charge in [0.05, 0.1) is 17.3 Å². The van der Waals surface area contributed by atoms with Gasteiger partial charge in [-0.3, -0.25) is 9.89 Å². The maximum atomic E-state index is 12.2. The second-order valence-electron chi connectivity index (χ2n) is 4.37. The van der Waals surface area contributed by atoms with Gasteiger partial charge in [0.15, 0.2) is 0 Å². The number of benzene rings is 1. The first-order valence-electron chi connectivity index (χ1n) is 6.15. The Labute approximate surface area is 125 Å². The first-order valence-corrected chi connectivity index (χ1v) is 6.56. The average Bonchev–Trinajstić information content (AvgIpc) is 2.95. The number of rotatable bonds is 3. The summed E-state index contributed by atoms with van der Waals surface area (Å²) in [6, 6.07) is 11.1. The van der Waals surface area contributed by atoms with Crippen molar-refractivity contribution in [3.05, 3.63) is 53.9 Å². The molecule has 21 heavy (non-hydrogen) atoms. The third-order valence-corrected chi connectivity index (χ3v) is 3.19. The molecule has 0 aliphatic heterocycles. The molecule has 1 amide bonds. The van der Waals surface area contributed by atoms with Crippen molar-refractivity contribution in [2.24, 2.45) is 5.73 Å². The van der Waals surface area contributed by atoms with E-state index in [-0.39, 0.29) is 10.9 Å². The maximum absolute atomic E-state index is 12.2. The molecule has 0 fully saturated rings. The van der Waals surface area contributed by atoms with Gasteiger partial charge in [0.1, 0.15) is 16.5 Å². The van der Waals surface area contributed by atoms with Crippen LogP contribution in [-0.4, -0.2) is 26.1 Å². The molecule has 0 aliphatic carbocycles. The molecule has 3 rings (SSSR count). The first-order chi connectivity index (χ1) is 10.1. The summed E-state index contributed by atoms with van der Waals surface area (Å²) in [6.07, 6.45) is 1.46. The van der Waals surface area contributed by atoms with Gasteiger partial charge >= 0.3 is 0 Å². The molecule has 0 aliphatic rings. The Morgan fingerprint density at radius 3 is 2.86 bits per heavy atom. The maximum Gasteiger partial charge on any atom is 0.275 e. The standard InChI is InChI=1S/C14H11N5OS/c15-12(21)9-7-16-19-13(9)18-14(20)11-6-5-8-3-1-2-4-10(8)17-11/h1-7H,(H2,15,21)(H2,16,18,19,20). The Bertz CT molecular complexity index is 842. The van der Waals surface area contributed by atoms with Gasteiger partial charge in [-0.2, -0.15) is 5.10 Å². The monoisotopic (exact) mass is 297 g/mol. The van der Waals surface area contributed by atoms with Crippen molar-refractivity contribution in [3.8, 4) is 0 Å². The van der Waals surface area contributed by atoms with E-state index in [9.17, 15) is 4.79 Å². The Hall–Kier alpha value is -2.80. The molecular formula is C14H11N5OS. The molecule has 2 aromatic heterocycles. The van der Waals surface area contributed by atoms with E-state index in [1.165, 1.54) is 6.20 Å². The molecule has 0 bridgehead atoms. The Morgan fingerprint density at radius 2 is 2.05 bits per heavy atom. The third-order valence-electron chi connectivity index (χ3n) is 2.97. The van der Waals surface area contributed by atoms with Gasteiger partial charge < -0.3 is 11.1 Å². The number of nitrogens with zero attached hydrogens (tertiary/aromatic N) is 2. The number of hydrogen-bond donors (Lipinski definition) is 3. The zero-order valence-corrected chi connectivity index (χ0v) is 11.6. The van der Waals surface area contributed by atoms with Crippen molar-refractivity contribution >= 4 is 39.8 Å². The number of thiocarbonyl (C=S) groups is 1. The Kier molecular flexibility index (Phi) is 3.33. The van der Waals surface area contributed by atoms with Gasteiger partial charge in [-0.05, 0) is 12.1 Å². The fourth-order valence-electron chi connectivity index (χ4n) is 1.94. The minimum Gasteiger partial charge on any atom is -0.389 e. The number of fused-ring (bicyclic) bond motifs is 1. The molecule has 3 aromatic rings. The fraction of sp³-hybridized carbons (Fsp3) is 0. The zero-order valence-electron chi connectivity index (χ0n) is 10.8. The molecule has 104 valence electrons. The lowest BCUT2D eigenvalue weighted by molar-refractivity contribution is 0.102. The van der Waals surface area contributed by atoms with Crippen molar-refractivity contribution in [3.63, 3.8) is 0 Å². The number of aromatic amines is 1. The summed E-state index contributed by atoms with van der Waals surface area (Å²) < 4.78 is 0. The van der Waals surface area contributed by atoms with Gasteiger partial charge in [0, 0.05) is 5.39 Å². The van der Waals surface area contributed by atoms with E-state index in [1.807, 2.05) is 30.3 Å². The number of amides is 1. The van der Waals surface area contributed by atoms with Crippen LogP contribution in [0.4, 0.5) is 5.82 Å². The van der Waals surface area contributed by atoms with E-state index < -0.39 is 0 Å². The molecule has 0 radical (unpaired) electrons. The molecule has 6 nitrogen and oxygen atoms in total. The number of pyridine rings is 1. The van der Waals surface area contributed by atoms with Crippen LogP contribution in [0.1, 0.15) is 16.1 Å². The fourth-order valence-corrected chi connectivity index (χ4v) is 2.09. The number of para-hydroxylation sites is 1. The highest BCUT2D eigenvalue weighted by Crippen LogP contribution is 2.14. The summed E-state index contributed by atoms with van der Waals surface area (Å²) in [4.78, 5) is 16.7. The highest BCUT2D eigenvalue weighted by atomic mass is 32.1. The van der Waals surface area contributed by atoms with E-state index in [1.54, 1.807) is 6.07 Å². The van der Waals surface area contributed by atoms with E-state index in [0.717, 1.165) is 10.9 Å². The van der Waals surface area contributed by atoms with Crippen LogP contribution in [-0.2, 0) is 0 Å². The van der Waals surface area contributed by atoms with E-state index >= 15 is 0 Å². The molecular weight excluding hydrogens is 286 g/mol. The van der Waals surface area contributed by atoms with Crippen LogP contribution in [0.25, 0.3) is 10.9 Å². The Morgan fingerprint density at radius 1 is 1.24 bits per heavy atom. The lowest BCUT2D eigenvalue weighted by Gasteiger charge is -2.05. The molecule has 0 saturated carbocycles. The SMILES string of the molecule is NC(=S)c1cn[nH]c1NC(=O)c1ccc2ccccc2n1. The van der Waals surface area contributed by atoms with Crippen LogP contribution in [0.15, 0.2) is 42.6 Å². The number of H-pyrrole nitrogens is 1. The van der Waals surface area contributed by atoms with Crippen LogP contribution in [0.5, 0.6) is 0 Å². The summed E-state index contributed by atoms with van der Waals surface area (Å²) in [7, 11) is 0. The van der Waals surface area contributed by atoms with Crippen LogP contribution in [0.3, 0.4) is 0 Å². The summed E-state index contributed by atoms with van der Waals surface area (Å²) in [5.74, 6) is 0.00459.